The quantitative estimate of drug-likeness (QED) is 0.783. The minimum Gasteiger partial charge on any atom is -0.389 e. The number of hydrogen-bond acceptors (Lipinski definition) is 2. The van der Waals surface area contributed by atoms with Crippen LogP contribution in [0.2, 0.25) is 5.02 Å². The molecule has 0 aromatic carbocycles. The third-order valence-corrected chi connectivity index (χ3v) is 3.04. The van der Waals surface area contributed by atoms with Crippen LogP contribution < -0.4 is 0 Å². The third-order valence-electron chi connectivity index (χ3n) is 2.70. The van der Waals surface area contributed by atoms with Gasteiger partial charge in [-0.05, 0) is 37.3 Å². The fraction of sp³-hybridized carbons (Fsp3) is 0.417. The standard InChI is InChI=1S/C12H14ClNO/c13-12-8-14-5-4-10(12)6-9-2-1-3-11(15)7-9/h4-5,7-8,11,15H,1-3,6H2. The Kier molecular flexibility index (Phi) is 3.39. The van der Waals surface area contributed by atoms with E-state index in [4.69, 9.17) is 11.6 Å². The molecular formula is C12H14ClNO. The molecule has 0 spiro atoms. The third kappa shape index (κ3) is 2.80. The van der Waals surface area contributed by atoms with E-state index in [1.165, 1.54) is 5.57 Å². The van der Waals surface area contributed by atoms with E-state index in [0.717, 1.165) is 31.2 Å². The molecule has 1 aromatic heterocycles. The summed E-state index contributed by atoms with van der Waals surface area (Å²) in [7, 11) is 0. The lowest BCUT2D eigenvalue weighted by molar-refractivity contribution is 0.202. The fourth-order valence-electron chi connectivity index (χ4n) is 1.92. The molecule has 15 heavy (non-hydrogen) atoms. The Labute approximate surface area is 94.6 Å². The highest BCUT2D eigenvalue weighted by Crippen LogP contribution is 2.24. The van der Waals surface area contributed by atoms with Gasteiger partial charge in [0.05, 0.1) is 11.1 Å². The Morgan fingerprint density at radius 1 is 1.53 bits per heavy atom. The molecule has 1 N–H and O–H groups in total. The molecule has 2 nitrogen and oxygen atoms in total. The molecule has 1 aromatic rings. The second kappa shape index (κ2) is 4.77. The van der Waals surface area contributed by atoms with Gasteiger partial charge in [0.25, 0.3) is 0 Å². The van der Waals surface area contributed by atoms with Crippen molar-refractivity contribution in [2.24, 2.45) is 0 Å². The van der Waals surface area contributed by atoms with Gasteiger partial charge in [-0.2, -0.15) is 0 Å². The highest BCUT2D eigenvalue weighted by Gasteiger charge is 2.12. The maximum Gasteiger partial charge on any atom is 0.0723 e. The fourth-order valence-corrected chi connectivity index (χ4v) is 2.10. The Bertz CT molecular complexity index is 376. The lowest BCUT2D eigenvalue weighted by atomic mass is 9.93. The van der Waals surface area contributed by atoms with Crippen molar-refractivity contribution >= 4 is 11.6 Å². The first kappa shape index (κ1) is 10.7. The summed E-state index contributed by atoms with van der Waals surface area (Å²) in [4.78, 5) is 3.95. The van der Waals surface area contributed by atoms with Gasteiger partial charge in [-0.3, -0.25) is 4.98 Å². The Morgan fingerprint density at radius 2 is 2.40 bits per heavy atom. The molecule has 0 bridgehead atoms. The second-order valence-corrected chi connectivity index (χ2v) is 4.34. The first-order valence-corrected chi connectivity index (χ1v) is 5.59. The zero-order valence-corrected chi connectivity index (χ0v) is 9.24. The lowest BCUT2D eigenvalue weighted by Gasteiger charge is -2.17. The molecule has 1 aliphatic rings. The monoisotopic (exact) mass is 223 g/mol. The maximum atomic E-state index is 9.51. The van der Waals surface area contributed by atoms with Crippen LogP contribution in [0.15, 0.2) is 30.1 Å². The van der Waals surface area contributed by atoms with Crippen molar-refractivity contribution in [3.63, 3.8) is 0 Å². The van der Waals surface area contributed by atoms with Gasteiger partial charge in [0.1, 0.15) is 0 Å². The average Bonchev–Trinajstić information content (AvgIpc) is 2.22. The number of nitrogens with zero attached hydrogens (tertiary/aromatic N) is 1. The molecule has 80 valence electrons. The highest BCUT2D eigenvalue weighted by molar-refractivity contribution is 6.31. The molecule has 1 unspecified atom stereocenters. The molecule has 2 rings (SSSR count). The molecule has 1 aliphatic carbocycles. The molecular weight excluding hydrogens is 210 g/mol. The van der Waals surface area contributed by atoms with Crippen molar-refractivity contribution in [2.75, 3.05) is 0 Å². The number of allylic oxidation sites excluding steroid dienone is 1. The van der Waals surface area contributed by atoms with Crippen LogP contribution in [0.25, 0.3) is 0 Å². The van der Waals surface area contributed by atoms with Gasteiger partial charge in [-0.25, -0.2) is 0 Å². The number of aliphatic hydroxyl groups is 1. The predicted molar refractivity (Wildman–Crippen MR) is 60.9 cm³/mol. The number of pyridine rings is 1. The molecule has 0 radical (unpaired) electrons. The first-order valence-electron chi connectivity index (χ1n) is 5.22. The maximum absolute atomic E-state index is 9.51. The van der Waals surface area contributed by atoms with E-state index in [2.05, 4.69) is 4.98 Å². The summed E-state index contributed by atoms with van der Waals surface area (Å²) in [5.74, 6) is 0. The van der Waals surface area contributed by atoms with Crippen molar-refractivity contribution in [3.05, 3.63) is 40.7 Å². The van der Waals surface area contributed by atoms with Crippen LogP contribution in [0, 0.1) is 0 Å². The van der Waals surface area contributed by atoms with Crippen LogP contribution in [0.5, 0.6) is 0 Å². The first-order chi connectivity index (χ1) is 7.25. The summed E-state index contributed by atoms with van der Waals surface area (Å²) >= 11 is 6.03. The summed E-state index contributed by atoms with van der Waals surface area (Å²) in [6.45, 7) is 0. The van der Waals surface area contributed by atoms with E-state index < -0.39 is 0 Å². The SMILES string of the molecule is OC1C=C(Cc2ccncc2Cl)CCC1. The summed E-state index contributed by atoms with van der Waals surface area (Å²) < 4.78 is 0. The van der Waals surface area contributed by atoms with E-state index in [1.807, 2.05) is 12.1 Å². The minimum atomic E-state index is -0.269. The average molecular weight is 224 g/mol. The number of halogens is 1. The Morgan fingerprint density at radius 3 is 3.13 bits per heavy atom. The van der Waals surface area contributed by atoms with Gasteiger partial charge in [0.2, 0.25) is 0 Å². The summed E-state index contributed by atoms with van der Waals surface area (Å²) in [5, 5.41) is 10.2. The van der Waals surface area contributed by atoms with Crippen molar-refractivity contribution in [3.8, 4) is 0 Å². The molecule has 0 aliphatic heterocycles. The van der Waals surface area contributed by atoms with Gasteiger partial charge in [-0.1, -0.05) is 23.3 Å². The van der Waals surface area contributed by atoms with Crippen molar-refractivity contribution < 1.29 is 5.11 Å². The second-order valence-electron chi connectivity index (χ2n) is 3.93. The van der Waals surface area contributed by atoms with Gasteiger partial charge >= 0.3 is 0 Å². The summed E-state index contributed by atoms with van der Waals surface area (Å²) in [6, 6.07) is 1.93. The highest BCUT2D eigenvalue weighted by atomic mass is 35.5. The van der Waals surface area contributed by atoms with Crippen LogP contribution in [-0.2, 0) is 6.42 Å². The van der Waals surface area contributed by atoms with E-state index in [-0.39, 0.29) is 6.10 Å². The van der Waals surface area contributed by atoms with Crippen LogP contribution in [-0.4, -0.2) is 16.2 Å². The van der Waals surface area contributed by atoms with Gasteiger partial charge in [0, 0.05) is 12.4 Å². The van der Waals surface area contributed by atoms with Crippen molar-refractivity contribution in [1.29, 1.82) is 0 Å². The van der Waals surface area contributed by atoms with Crippen LogP contribution in [0.3, 0.4) is 0 Å². The number of rotatable bonds is 2. The zero-order chi connectivity index (χ0) is 10.7. The zero-order valence-electron chi connectivity index (χ0n) is 8.49. The molecule has 0 fully saturated rings. The largest absolute Gasteiger partial charge is 0.389 e. The normalized spacial score (nSPS) is 21.2. The van der Waals surface area contributed by atoms with E-state index in [1.54, 1.807) is 12.4 Å². The van der Waals surface area contributed by atoms with Gasteiger partial charge in [-0.15, -0.1) is 0 Å². The molecule has 0 saturated heterocycles. The number of aliphatic hydroxyl groups excluding tert-OH is 1. The Hall–Kier alpha value is -0.860. The van der Waals surface area contributed by atoms with Gasteiger partial charge in [0.15, 0.2) is 0 Å². The van der Waals surface area contributed by atoms with Crippen molar-refractivity contribution in [1.82, 2.24) is 4.98 Å². The predicted octanol–water partition coefficient (Wildman–Crippen LogP) is 2.75. The minimum absolute atomic E-state index is 0.269. The number of aromatic nitrogens is 1. The summed E-state index contributed by atoms with van der Waals surface area (Å²) in [5.41, 5.74) is 2.37. The Balaban J connectivity index is 2.12. The van der Waals surface area contributed by atoms with Gasteiger partial charge < -0.3 is 5.11 Å². The van der Waals surface area contributed by atoms with E-state index in [0.29, 0.717) is 5.02 Å². The molecule has 3 heteroatoms. The number of hydrogen-bond donors (Lipinski definition) is 1. The molecule has 0 amide bonds. The van der Waals surface area contributed by atoms with Crippen LogP contribution >= 0.6 is 11.6 Å². The van der Waals surface area contributed by atoms with Crippen molar-refractivity contribution in [2.45, 2.75) is 31.8 Å². The topological polar surface area (TPSA) is 33.1 Å². The van der Waals surface area contributed by atoms with Crippen LogP contribution in [0.4, 0.5) is 0 Å². The smallest absolute Gasteiger partial charge is 0.0723 e. The lowest BCUT2D eigenvalue weighted by Crippen LogP contribution is -2.10. The van der Waals surface area contributed by atoms with E-state index in [9.17, 15) is 5.11 Å². The molecule has 1 heterocycles. The van der Waals surface area contributed by atoms with Crippen LogP contribution in [0.1, 0.15) is 24.8 Å². The molecule has 1 atom stereocenters. The molecule has 0 saturated carbocycles. The summed E-state index contributed by atoms with van der Waals surface area (Å²) in [6.07, 6.45) is 8.95. The van der Waals surface area contributed by atoms with E-state index >= 15 is 0 Å².